The van der Waals surface area contributed by atoms with Gasteiger partial charge in [0, 0.05) is 12.1 Å². The Morgan fingerprint density at radius 2 is 1.89 bits per heavy atom. The first-order valence-corrected chi connectivity index (χ1v) is 7.10. The van der Waals surface area contributed by atoms with Crippen LogP contribution in [0.3, 0.4) is 0 Å². The maximum atomic E-state index is 11.7. The summed E-state index contributed by atoms with van der Waals surface area (Å²) in [7, 11) is -3.65. The number of hydrogen-bond donors (Lipinski definition) is 1. The molecule has 0 aliphatic rings. The maximum Gasteiger partial charge on any atom is 0.269 e. The minimum absolute atomic E-state index is 0.105. The Morgan fingerprint density at radius 1 is 1.37 bits per heavy atom. The summed E-state index contributed by atoms with van der Waals surface area (Å²) in [6.07, 6.45) is 0. The van der Waals surface area contributed by atoms with Crippen LogP contribution in [0.4, 0.5) is 5.69 Å². The number of rotatable bonds is 6. The number of nitrogens with one attached hydrogen (secondary N) is 1. The van der Waals surface area contributed by atoms with Crippen LogP contribution in [0.1, 0.15) is 19.4 Å². The van der Waals surface area contributed by atoms with E-state index in [1.165, 1.54) is 38.1 Å². The van der Waals surface area contributed by atoms with Crippen molar-refractivity contribution < 1.29 is 18.1 Å². The molecule has 0 radical (unpaired) electrons. The summed E-state index contributed by atoms with van der Waals surface area (Å²) in [4.78, 5) is 20.9. The van der Waals surface area contributed by atoms with E-state index >= 15 is 0 Å². The van der Waals surface area contributed by atoms with E-state index in [1.54, 1.807) is 0 Å². The molecule has 0 bridgehead atoms. The number of carbonyl (C=O) groups excluding carboxylic acids is 1. The van der Waals surface area contributed by atoms with Gasteiger partial charge in [-0.2, -0.15) is 0 Å². The van der Waals surface area contributed by atoms with Crippen LogP contribution in [0.5, 0.6) is 0 Å². The average Bonchev–Trinajstić information content (AvgIpc) is 2.28. The summed E-state index contributed by atoms with van der Waals surface area (Å²) >= 11 is 0. The normalized spacial score (nSPS) is 12.9. The molecule has 104 valence electrons. The van der Waals surface area contributed by atoms with Crippen LogP contribution in [0.25, 0.3) is 0 Å². The smallest absolute Gasteiger partial charge is 0.269 e. The number of nitro groups is 1. The fourth-order valence-corrected chi connectivity index (χ4v) is 2.75. The van der Waals surface area contributed by atoms with E-state index in [0.717, 1.165) is 0 Å². The van der Waals surface area contributed by atoms with Gasteiger partial charge in [-0.05, 0) is 19.4 Å². The fourth-order valence-electron chi connectivity index (χ4n) is 1.33. The Balaban J connectivity index is 2.78. The maximum absolute atomic E-state index is 11.7. The highest BCUT2D eigenvalue weighted by atomic mass is 32.2. The number of sulfonamides is 1. The predicted molar refractivity (Wildman–Crippen MR) is 69.0 cm³/mol. The monoisotopic (exact) mass is 286 g/mol. The molecule has 1 unspecified atom stereocenters. The van der Waals surface area contributed by atoms with E-state index in [0.29, 0.717) is 5.56 Å². The lowest BCUT2D eigenvalue weighted by Gasteiger charge is -2.11. The van der Waals surface area contributed by atoms with Crippen molar-refractivity contribution in [1.82, 2.24) is 4.72 Å². The number of non-ortho nitro benzene ring substituents is 1. The van der Waals surface area contributed by atoms with E-state index in [-0.39, 0.29) is 17.2 Å². The lowest BCUT2D eigenvalue weighted by molar-refractivity contribution is -0.384. The number of Topliss-reactive ketones (excluding diaryl/α,β-unsaturated/α-hetero) is 1. The molecule has 8 heteroatoms. The highest BCUT2D eigenvalue weighted by Crippen LogP contribution is 2.13. The quantitative estimate of drug-likeness (QED) is 0.620. The number of carbonyl (C=O) groups is 1. The summed E-state index contributed by atoms with van der Waals surface area (Å²) in [6, 6.07) is 4.42. The van der Waals surface area contributed by atoms with Gasteiger partial charge in [0.25, 0.3) is 5.69 Å². The van der Waals surface area contributed by atoms with Crippen LogP contribution in [-0.4, -0.2) is 25.2 Å². The Labute approximate surface area is 110 Å². The Kier molecular flexibility index (Phi) is 4.73. The van der Waals surface area contributed by atoms with Gasteiger partial charge in [-0.15, -0.1) is 0 Å². The third-order valence-electron chi connectivity index (χ3n) is 2.47. The van der Waals surface area contributed by atoms with E-state index in [9.17, 15) is 23.3 Å². The molecule has 0 amide bonds. The van der Waals surface area contributed by atoms with Gasteiger partial charge in [0.15, 0.2) is 0 Å². The molecule has 7 nitrogen and oxygen atoms in total. The SMILES string of the molecule is CC(=O)C(C)NS(=O)(=O)Cc1ccc([N+](=O)[O-])cc1. The Morgan fingerprint density at radius 3 is 2.32 bits per heavy atom. The third-order valence-corrected chi connectivity index (χ3v) is 3.90. The highest BCUT2D eigenvalue weighted by Gasteiger charge is 2.18. The molecule has 0 heterocycles. The second-order valence-electron chi connectivity index (χ2n) is 4.13. The van der Waals surface area contributed by atoms with Crippen molar-refractivity contribution in [2.75, 3.05) is 0 Å². The van der Waals surface area contributed by atoms with Crippen molar-refractivity contribution in [3.05, 3.63) is 39.9 Å². The molecule has 0 saturated heterocycles. The molecule has 0 aromatic heterocycles. The van der Waals surface area contributed by atoms with Crippen molar-refractivity contribution in [1.29, 1.82) is 0 Å². The first-order valence-electron chi connectivity index (χ1n) is 5.45. The van der Waals surface area contributed by atoms with Gasteiger partial charge in [-0.25, -0.2) is 13.1 Å². The number of nitrogens with zero attached hydrogens (tertiary/aromatic N) is 1. The number of benzene rings is 1. The van der Waals surface area contributed by atoms with Gasteiger partial charge < -0.3 is 0 Å². The van der Waals surface area contributed by atoms with Crippen LogP contribution in [0, 0.1) is 10.1 Å². The summed E-state index contributed by atoms with van der Waals surface area (Å²) in [6.45, 7) is 2.74. The van der Waals surface area contributed by atoms with Gasteiger partial charge in [-0.3, -0.25) is 14.9 Å². The molecule has 1 atom stereocenters. The molecule has 1 N–H and O–H groups in total. The zero-order chi connectivity index (χ0) is 14.6. The van der Waals surface area contributed by atoms with Gasteiger partial charge in [0.05, 0.1) is 16.7 Å². The standard InChI is InChI=1S/C11H14N2O5S/c1-8(9(2)14)12-19(17,18)7-10-3-5-11(6-4-10)13(15)16/h3-6,8,12H,7H2,1-2H3. The van der Waals surface area contributed by atoms with Crippen molar-refractivity contribution in [2.45, 2.75) is 25.6 Å². The summed E-state index contributed by atoms with van der Waals surface area (Å²) in [5.74, 6) is -0.616. The molecular weight excluding hydrogens is 272 g/mol. The number of nitro benzene ring substituents is 1. The third kappa shape index (κ3) is 4.76. The Bertz CT molecular complexity index is 580. The first kappa shape index (κ1) is 15.3. The minimum Gasteiger partial charge on any atom is -0.298 e. The Hall–Kier alpha value is -1.80. The number of ketones is 1. The predicted octanol–water partition coefficient (Wildman–Crippen LogP) is 0.992. The zero-order valence-electron chi connectivity index (χ0n) is 10.5. The highest BCUT2D eigenvalue weighted by molar-refractivity contribution is 7.88. The van der Waals surface area contributed by atoms with Gasteiger partial charge in [0.2, 0.25) is 10.0 Å². The van der Waals surface area contributed by atoms with Crippen molar-refractivity contribution in [3.8, 4) is 0 Å². The fraction of sp³-hybridized carbons (Fsp3) is 0.364. The van der Waals surface area contributed by atoms with Crippen LogP contribution < -0.4 is 4.72 Å². The first-order chi connectivity index (χ1) is 8.71. The van der Waals surface area contributed by atoms with Crippen molar-refractivity contribution >= 4 is 21.5 Å². The van der Waals surface area contributed by atoms with Gasteiger partial charge >= 0.3 is 0 Å². The lowest BCUT2D eigenvalue weighted by Crippen LogP contribution is -2.37. The van der Waals surface area contributed by atoms with Crippen molar-refractivity contribution in [2.24, 2.45) is 0 Å². The van der Waals surface area contributed by atoms with Crippen LogP contribution in [0.15, 0.2) is 24.3 Å². The second-order valence-corrected chi connectivity index (χ2v) is 5.89. The lowest BCUT2D eigenvalue weighted by atomic mass is 10.2. The molecule has 0 aliphatic heterocycles. The molecule has 1 aromatic rings. The van der Waals surface area contributed by atoms with Crippen LogP contribution in [-0.2, 0) is 20.6 Å². The van der Waals surface area contributed by atoms with Gasteiger partial charge in [-0.1, -0.05) is 12.1 Å². The molecule has 1 aromatic carbocycles. The molecular formula is C11H14N2O5S. The molecule has 0 saturated carbocycles. The summed E-state index contributed by atoms with van der Waals surface area (Å²) in [5.41, 5.74) is 0.306. The van der Waals surface area contributed by atoms with Gasteiger partial charge in [0.1, 0.15) is 5.78 Å². The second kappa shape index (κ2) is 5.89. The molecule has 0 fully saturated rings. The van der Waals surface area contributed by atoms with Crippen molar-refractivity contribution in [3.63, 3.8) is 0 Å². The molecule has 0 aliphatic carbocycles. The zero-order valence-corrected chi connectivity index (χ0v) is 11.3. The van der Waals surface area contributed by atoms with E-state index in [2.05, 4.69) is 4.72 Å². The summed E-state index contributed by atoms with van der Waals surface area (Å²) in [5, 5.41) is 10.5. The minimum atomic E-state index is -3.65. The van der Waals surface area contributed by atoms with E-state index < -0.39 is 21.0 Å². The largest absolute Gasteiger partial charge is 0.298 e. The summed E-state index contributed by atoms with van der Waals surface area (Å²) < 4.78 is 25.7. The van der Waals surface area contributed by atoms with E-state index in [1.807, 2.05) is 0 Å². The molecule has 19 heavy (non-hydrogen) atoms. The topological polar surface area (TPSA) is 106 Å². The van der Waals surface area contributed by atoms with Crippen LogP contribution >= 0.6 is 0 Å². The number of hydrogen-bond acceptors (Lipinski definition) is 5. The van der Waals surface area contributed by atoms with Crippen LogP contribution in [0.2, 0.25) is 0 Å². The molecule has 0 spiro atoms. The average molecular weight is 286 g/mol. The molecule has 1 rings (SSSR count). The van der Waals surface area contributed by atoms with E-state index in [4.69, 9.17) is 0 Å².